The summed E-state index contributed by atoms with van der Waals surface area (Å²) in [5, 5.41) is 3.39. The van der Waals surface area contributed by atoms with E-state index >= 15 is 0 Å². The number of nitrogens with zero attached hydrogens (tertiary/aromatic N) is 1. The zero-order chi connectivity index (χ0) is 13.0. The number of halogens is 3. The molecule has 1 N–H and O–H groups in total. The zero-order valence-corrected chi connectivity index (χ0v) is 12.2. The van der Waals surface area contributed by atoms with Crippen molar-refractivity contribution in [3.8, 4) is 5.75 Å². The molecule has 0 unspecified atom stereocenters. The van der Waals surface area contributed by atoms with Crippen molar-refractivity contribution in [1.82, 2.24) is 10.2 Å². The summed E-state index contributed by atoms with van der Waals surface area (Å²) in [6.07, 6.45) is 0. The molecule has 0 aliphatic carbocycles. The van der Waals surface area contributed by atoms with Crippen LogP contribution in [-0.4, -0.2) is 44.2 Å². The second-order valence-electron chi connectivity index (χ2n) is 4.14. The van der Waals surface area contributed by atoms with E-state index in [4.69, 9.17) is 16.3 Å². The van der Waals surface area contributed by atoms with Crippen LogP contribution in [0.2, 0.25) is 5.02 Å². The third-order valence-electron chi connectivity index (χ3n) is 2.85. The first-order chi connectivity index (χ1) is 8.66. The number of hydrogen-bond acceptors (Lipinski definition) is 3. The lowest BCUT2D eigenvalue weighted by Crippen LogP contribution is -2.44. The van der Waals surface area contributed by atoms with E-state index in [0.717, 1.165) is 32.7 Å². The van der Waals surface area contributed by atoms with Crippen LogP contribution in [0.15, 0.2) is 16.6 Å². The molecule has 0 aromatic heterocycles. The fourth-order valence-corrected chi connectivity index (χ4v) is 2.59. The molecule has 100 valence electrons. The van der Waals surface area contributed by atoms with Gasteiger partial charge in [0.2, 0.25) is 0 Å². The van der Waals surface area contributed by atoms with E-state index < -0.39 is 5.82 Å². The topological polar surface area (TPSA) is 24.5 Å². The van der Waals surface area contributed by atoms with Crippen molar-refractivity contribution in [2.24, 2.45) is 0 Å². The molecule has 3 nitrogen and oxygen atoms in total. The Hall–Kier alpha value is -0.360. The molecule has 1 aromatic carbocycles. The van der Waals surface area contributed by atoms with Crippen LogP contribution in [0.4, 0.5) is 4.39 Å². The van der Waals surface area contributed by atoms with Gasteiger partial charge in [-0.15, -0.1) is 0 Å². The first-order valence-corrected chi connectivity index (χ1v) is 7.04. The highest BCUT2D eigenvalue weighted by Crippen LogP contribution is 2.30. The summed E-state index contributed by atoms with van der Waals surface area (Å²) >= 11 is 8.97. The molecule has 2 rings (SSSR count). The maximum Gasteiger partial charge on any atom is 0.145 e. The second kappa shape index (κ2) is 6.70. The van der Waals surface area contributed by atoms with Crippen LogP contribution in [0, 0.1) is 5.82 Å². The maximum absolute atomic E-state index is 13.3. The van der Waals surface area contributed by atoms with E-state index in [1.807, 2.05) is 0 Å². The first-order valence-electron chi connectivity index (χ1n) is 5.87. The van der Waals surface area contributed by atoms with Crippen molar-refractivity contribution in [2.75, 3.05) is 39.3 Å². The highest BCUT2D eigenvalue weighted by Gasteiger charge is 2.11. The van der Waals surface area contributed by atoms with Gasteiger partial charge >= 0.3 is 0 Å². The predicted octanol–water partition coefficient (Wildman–Crippen LogP) is 2.53. The third kappa shape index (κ3) is 3.82. The number of benzene rings is 1. The summed E-state index contributed by atoms with van der Waals surface area (Å²) in [5.74, 6) is 0.0315. The monoisotopic (exact) mass is 336 g/mol. The minimum absolute atomic E-state index is 0.0938. The molecule has 1 fully saturated rings. The van der Waals surface area contributed by atoms with Crippen molar-refractivity contribution < 1.29 is 9.13 Å². The van der Waals surface area contributed by atoms with Gasteiger partial charge in [-0.25, -0.2) is 4.39 Å². The number of hydrogen-bond donors (Lipinski definition) is 1. The van der Waals surface area contributed by atoms with Gasteiger partial charge in [0.05, 0.1) is 9.50 Å². The van der Waals surface area contributed by atoms with E-state index in [2.05, 4.69) is 26.1 Å². The van der Waals surface area contributed by atoms with E-state index in [9.17, 15) is 4.39 Å². The van der Waals surface area contributed by atoms with E-state index in [1.54, 1.807) is 0 Å². The van der Waals surface area contributed by atoms with Crippen LogP contribution in [0.1, 0.15) is 0 Å². The molecular formula is C12H15BrClFN2O. The average molecular weight is 338 g/mol. The minimum atomic E-state index is -0.461. The smallest absolute Gasteiger partial charge is 0.145 e. The molecule has 0 atom stereocenters. The van der Waals surface area contributed by atoms with E-state index in [-0.39, 0.29) is 5.02 Å². The lowest BCUT2D eigenvalue weighted by atomic mass is 10.3. The molecule has 6 heteroatoms. The molecule has 1 aliphatic rings. The lowest BCUT2D eigenvalue weighted by molar-refractivity contribution is 0.190. The Morgan fingerprint density at radius 1 is 1.39 bits per heavy atom. The Morgan fingerprint density at radius 3 is 2.83 bits per heavy atom. The summed E-state index contributed by atoms with van der Waals surface area (Å²) in [5.41, 5.74) is 0. The van der Waals surface area contributed by atoms with Crippen molar-refractivity contribution in [3.05, 3.63) is 27.4 Å². The maximum atomic E-state index is 13.3. The molecule has 1 heterocycles. The van der Waals surface area contributed by atoms with E-state index in [1.165, 1.54) is 12.1 Å². The van der Waals surface area contributed by atoms with Gasteiger partial charge in [-0.1, -0.05) is 11.6 Å². The molecule has 0 saturated carbocycles. The molecule has 0 amide bonds. The molecule has 0 bridgehead atoms. The molecule has 1 aliphatic heterocycles. The second-order valence-corrected chi connectivity index (χ2v) is 5.40. The van der Waals surface area contributed by atoms with Crippen molar-refractivity contribution in [3.63, 3.8) is 0 Å². The first kappa shape index (κ1) is 14.1. The SMILES string of the molecule is Fc1cc(OCCN2CCNCC2)c(Br)cc1Cl. The number of piperazine rings is 1. The quantitative estimate of drug-likeness (QED) is 0.855. The average Bonchev–Trinajstić information content (AvgIpc) is 2.37. The van der Waals surface area contributed by atoms with Crippen LogP contribution in [0.3, 0.4) is 0 Å². The summed E-state index contributed by atoms with van der Waals surface area (Å²) in [6, 6.07) is 2.82. The van der Waals surface area contributed by atoms with Gasteiger partial charge in [0, 0.05) is 38.8 Å². The van der Waals surface area contributed by atoms with Gasteiger partial charge in [-0.2, -0.15) is 0 Å². The summed E-state index contributed by atoms with van der Waals surface area (Å²) < 4.78 is 19.5. The fourth-order valence-electron chi connectivity index (χ4n) is 1.83. The number of rotatable bonds is 4. The Bertz CT molecular complexity index is 413. The standard InChI is InChI=1S/C12H15BrClFN2O/c13-9-7-10(14)11(15)8-12(9)18-6-5-17-3-1-16-2-4-17/h7-8,16H,1-6H2. The van der Waals surface area contributed by atoms with Crippen LogP contribution in [-0.2, 0) is 0 Å². The van der Waals surface area contributed by atoms with Crippen LogP contribution < -0.4 is 10.1 Å². The van der Waals surface area contributed by atoms with Gasteiger partial charge in [0.25, 0.3) is 0 Å². The Labute approximate surface area is 119 Å². The minimum Gasteiger partial charge on any atom is -0.491 e. The highest BCUT2D eigenvalue weighted by molar-refractivity contribution is 9.10. The Morgan fingerprint density at radius 2 is 2.11 bits per heavy atom. The van der Waals surface area contributed by atoms with Crippen LogP contribution >= 0.6 is 27.5 Å². The van der Waals surface area contributed by atoms with Gasteiger partial charge in [-0.3, -0.25) is 4.90 Å². The van der Waals surface area contributed by atoms with Crippen molar-refractivity contribution in [1.29, 1.82) is 0 Å². The van der Waals surface area contributed by atoms with Crippen LogP contribution in [0.25, 0.3) is 0 Å². The lowest BCUT2D eigenvalue weighted by Gasteiger charge is -2.27. The largest absolute Gasteiger partial charge is 0.491 e. The van der Waals surface area contributed by atoms with Gasteiger partial charge in [0.1, 0.15) is 18.2 Å². The van der Waals surface area contributed by atoms with E-state index in [0.29, 0.717) is 16.8 Å². The normalized spacial score (nSPS) is 16.8. The van der Waals surface area contributed by atoms with Gasteiger partial charge in [0.15, 0.2) is 0 Å². The fraction of sp³-hybridized carbons (Fsp3) is 0.500. The molecule has 18 heavy (non-hydrogen) atoms. The van der Waals surface area contributed by atoms with Crippen LogP contribution in [0.5, 0.6) is 5.75 Å². The molecule has 0 spiro atoms. The summed E-state index contributed by atoms with van der Waals surface area (Å²) in [4.78, 5) is 2.32. The van der Waals surface area contributed by atoms with Gasteiger partial charge < -0.3 is 10.1 Å². The molecule has 0 radical (unpaired) electrons. The predicted molar refractivity (Wildman–Crippen MR) is 73.9 cm³/mol. The molecule has 1 saturated heterocycles. The van der Waals surface area contributed by atoms with Gasteiger partial charge in [-0.05, 0) is 22.0 Å². The Balaban J connectivity index is 1.84. The number of ether oxygens (including phenoxy) is 1. The van der Waals surface area contributed by atoms with Crippen molar-refractivity contribution >= 4 is 27.5 Å². The molecule has 1 aromatic rings. The zero-order valence-electron chi connectivity index (χ0n) is 9.89. The van der Waals surface area contributed by atoms with Crippen molar-refractivity contribution in [2.45, 2.75) is 0 Å². The Kier molecular flexibility index (Phi) is 5.24. The summed E-state index contributed by atoms with van der Waals surface area (Å²) in [6.45, 7) is 5.47. The highest BCUT2D eigenvalue weighted by atomic mass is 79.9. The third-order valence-corrected chi connectivity index (χ3v) is 3.76. The molecular weight excluding hydrogens is 322 g/mol. The number of nitrogens with one attached hydrogen (secondary N) is 1. The summed E-state index contributed by atoms with van der Waals surface area (Å²) in [7, 11) is 0.